The van der Waals surface area contributed by atoms with Crippen LogP contribution in [0.2, 0.25) is 0 Å². The number of rotatable bonds is 5. The normalized spacial score (nSPS) is 26.4. The summed E-state index contributed by atoms with van der Waals surface area (Å²) in [5.41, 5.74) is -0.709. The molecule has 2 fully saturated rings. The maximum Gasteiger partial charge on any atom is 0.325 e. The monoisotopic (exact) mass is 375 g/mol. The van der Waals surface area contributed by atoms with Crippen molar-refractivity contribution in [2.24, 2.45) is 0 Å². The average molecular weight is 375 g/mol. The first-order chi connectivity index (χ1) is 13.0. The maximum absolute atomic E-state index is 12.9. The number of hydrogen-bond acceptors (Lipinski definition) is 6. The fraction of sp³-hybridized carbons (Fsp3) is 0.500. The van der Waals surface area contributed by atoms with E-state index in [2.05, 4.69) is 10.6 Å². The molecule has 0 saturated carbocycles. The van der Waals surface area contributed by atoms with Gasteiger partial charge in [0.2, 0.25) is 12.7 Å². The Bertz CT molecular complexity index is 791. The lowest BCUT2D eigenvalue weighted by Gasteiger charge is -2.22. The van der Waals surface area contributed by atoms with E-state index in [9.17, 15) is 14.4 Å². The Balaban J connectivity index is 1.44. The molecule has 9 heteroatoms. The highest BCUT2D eigenvalue weighted by Crippen LogP contribution is 2.37. The smallest absolute Gasteiger partial charge is 0.325 e. The molecule has 0 radical (unpaired) electrons. The van der Waals surface area contributed by atoms with Crippen molar-refractivity contribution in [1.29, 1.82) is 0 Å². The lowest BCUT2D eigenvalue weighted by Crippen LogP contribution is -2.44. The van der Waals surface area contributed by atoms with Crippen LogP contribution in [0.5, 0.6) is 11.5 Å². The second-order valence-corrected chi connectivity index (χ2v) is 6.95. The van der Waals surface area contributed by atoms with Gasteiger partial charge < -0.3 is 24.8 Å². The van der Waals surface area contributed by atoms with E-state index in [1.807, 2.05) is 0 Å². The number of fused-ring (bicyclic) bond motifs is 1. The van der Waals surface area contributed by atoms with Crippen molar-refractivity contribution in [2.75, 3.05) is 26.5 Å². The second kappa shape index (κ2) is 6.73. The molecular formula is C18H21N3O6. The predicted molar refractivity (Wildman–Crippen MR) is 92.1 cm³/mol. The molecule has 3 aliphatic rings. The molecule has 2 unspecified atom stereocenters. The summed E-state index contributed by atoms with van der Waals surface area (Å²) in [6.45, 7) is 2.46. The summed E-state index contributed by atoms with van der Waals surface area (Å²) < 4.78 is 16.1. The summed E-state index contributed by atoms with van der Waals surface area (Å²) in [5, 5.41) is 5.40. The molecule has 3 heterocycles. The Morgan fingerprint density at radius 1 is 1.33 bits per heavy atom. The molecule has 2 saturated heterocycles. The summed E-state index contributed by atoms with van der Waals surface area (Å²) in [5.74, 6) is 0.218. The van der Waals surface area contributed by atoms with Crippen LogP contribution in [0, 0.1) is 0 Å². The number of amides is 4. The number of nitrogens with zero attached hydrogens (tertiary/aromatic N) is 1. The van der Waals surface area contributed by atoms with Gasteiger partial charge in [-0.05, 0) is 37.5 Å². The van der Waals surface area contributed by atoms with Crippen molar-refractivity contribution in [3.63, 3.8) is 0 Å². The van der Waals surface area contributed by atoms with Gasteiger partial charge in [-0.1, -0.05) is 6.07 Å². The molecule has 0 aliphatic carbocycles. The molecule has 1 aromatic carbocycles. The first-order valence-corrected chi connectivity index (χ1v) is 8.90. The zero-order chi connectivity index (χ0) is 19.0. The summed E-state index contributed by atoms with van der Waals surface area (Å²) in [6, 6.07) is 4.46. The van der Waals surface area contributed by atoms with Gasteiger partial charge in [0.05, 0.1) is 6.10 Å². The van der Waals surface area contributed by atoms with Crippen molar-refractivity contribution in [1.82, 2.24) is 15.5 Å². The first kappa shape index (κ1) is 17.6. The Morgan fingerprint density at radius 3 is 2.93 bits per heavy atom. The van der Waals surface area contributed by atoms with Gasteiger partial charge in [-0.2, -0.15) is 0 Å². The van der Waals surface area contributed by atoms with Gasteiger partial charge in [0, 0.05) is 13.2 Å². The zero-order valence-electron chi connectivity index (χ0n) is 14.9. The van der Waals surface area contributed by atoms with Crippen LogP contribution >= 0.6 is 0 Å². The fourth-order valence-electron chi connectivity index (χ4n) is 3.48. The highest BCUT2D eigenvalue weighted by atomic mass is 16.7. The van der Waals surface area contributed by atoms with Crippen LogP contribution in [0.15, 0.2) is 18.2 Å². The Morgan fingerprint density at radius 2 is 2.15 bits per heavy atom. The molecule has 9 nitrogen and oxygen atoms in total. The summed E-state index contributed by atoms with van der Waals surface area (Å²) in [7, 11) is 0. The van der Waals surface area contributed by atoms with Gasteiger partial charge in [0.1, 0.15) is 12.1 Å². The maximum atomic E-state index is 12.9. The number of benzene rings is 1. The van der Waals surface area contributed by atoms with E-state index < -0.39 is 23.4 Å². The molecule has 4 rings (SSSR count). The molecule has 0 spiro atoms. The van der Waals surface area contributed by atoms with E-state index in [-0.39, 0.29) is 19.4 Å². The molecule has 0 aromatic heterocycles. The van der Waals surface area contributed by atoms with Crippen molar-refractivity contribution in [3.05, 3.63) is 23.8 Å². The standard InChI is InChI=1S/C18H21N3O6/c1-18(11-4-5-13-14(7-11)27-10-26-13)16(23)21(17(24)20-18)9-15(22)19-8-12-3-2-6-25-12/h4-5,7,12H,2-3,6,8-10H2,1H3,(H,19,22)(H,20,24). The van der Waals surface area contributed by atoms with Gasteiger partial charge in [-0.25, -0.2) is 4.79 Å². The number of urea groups is 1. The van der Waals surface area contributed by atoms with E-state index in [0.29, 0.717) is 30.2 Å². The van der Waals surface area contributed by atoms with E-state index >= 15 is 0 Å². The van der Waals surface area contributed by atoms with Crippen LogP contribution in [-0.4, -0.2) is 55.3 Å². The van der Waals surface area contributed by atoms with Crippen LogP contribution < -0.4 is 20.1 Å². The number of hydrogen-bond donors (Lipinski definition) is 2. The molecule has 2 atom stereocenters. The predicted octanol–water partition coefficient (Wildman–Crippen LogP) is 0.477. The topological polar surface area (TPSA) is 106 Å². The van der Waals surface area contributed by atoms with Crippen molar-refractivity contribution < 1.29 is 28.6 Å². The highest BCUT2D eigenvalue weighted by Gasteiger charge is 2.49. The van der Waals surface area contributed by atoms with E-state index in [0.717, 1.165) is 17.7 Å². The molecule has 2 N–H and O–H groups in total. The summed E-state index contributed by atoms with van der Waals surface area (Å²) in [6.07, 6.45) is 1.86. The lowest BCUT2D eigenvalue weighted by atomic mass is 9.91. The third-order valence-electron chi connectivity index (χ3n) is 5.08. The molecule has 0 bridgehead atoms. The molecule has 3 aliphatic heterocycles. The van der Waals surface area contributed by atoms with Crippen LogP contribution in [0.4, 0.5) is 4.79 Å². The van der Waals surface area contributed by atoms with Crippen molar-refractivity contribution in [2.45, 2.75) is 31.4 Å². The van der Waals surface area contributed by atoms with Gasteiger partial charge in [0.25, 0.3) is 5.91 Å². The van der Waals surface area contributed by atoms with Crippen molar-refractivity contribution in [3.8, 4) is 11.5 Å². The number of imide groups is 1. The van der Waals surface area contributed by atoms with E-state index in [1.165, 1.54) is 0 Å². The second-order valence-electron chi connectivity index (χ2n) is 6.95. The number of carbonyl (C=O) groups is 3. The summed E-state index contributed by atoms with van der Waals surface area (Å²) in [4.78, 5) is 38.3. The Labute approximate surface area is 155 Å². The third kappa shape index (κ3) is 3.18. The molecule has 144 valence electrons. The van der Waals surface area contributed by atoms with Crippen LogP contribution in [0.25, 0.3) is 0 Å². The SMILES string of the molecule is CC1(c2ccc3c(c2)OCO3)NC(=O)N(CC(=O)NCC2CCCO2)C1=O. The largest absolute Gasteiger partial charge is 0.454 e. The van der Waals surface area contributed by atoms with Crippen LogP contribution in [-0.2, 0) is 19.9 Å². The van der Waals surface area contributed by atoms with Crippen molar-refractivity contribution >= 4 is 17.8 Å². The number of carbonyl (C=O) groups excluding carboxylic acids is 3. The van der Waals surface area contributed by atoms with Crippen LogP contribution in [0.3, 0.4) is 0 Å². The van der Waals surface area contributed by atoms with Crippen LogP contribution in [0.1, 0.15) is 25.3 Å². The van der Waals surface area contributed by atoms with E-state index in [1.54, 1.807) is 25.1 Å². The Hall–Kier alpha value is -2.81. The average Bonchev–Trinajstić information content (AvgIpc) is 3.37. The Kier molecular flexibility index (Phi) is 4.39. The molecule has 1 aromatic rings. The highest BCUT2D eigenvalue weighted by molar-refractivity contribution is 6.09. The zero-order valence-corrected chi connectivity index (χ0v) is 14.9. The minimum absolute atomic E-state index is 0.00375. The molecular weight excluding hydrogens is 354 g/mol. The summed E-state index contributed by atoms with van der Waals surface area (Å²) >= 11 is 0. The quantitative estimate of drug-likeness (QED) is 0.725. The third-order valence-corrected chi connectivity index (χ3v) is 5.08. The van der Waals surface area contributed by atoms with E-state index in [4.69, 9.17) is 14.2 Å². The van der Waals surface area contributed by atoms with Gasteiger partial charge in [-0.3, -0.25) is 14.5 Å². The molecule has 27 heavy (non-hydrogen) atoms. The molecule has 4 amide bonds. The number of ether oxygens (including phenoxy) is 3. The minimum atomic E-state index is -1.27. The van der Waals surface area contributed by atoms with Gasteiger partial charge >= 0.3 is 6.03 Å². The van der Waals surface area contributed by atoms with Gasteiger partial charge in [-0.15, -0.1) is 0 Å². The fourth-order valence-corrected chi connectivity index (χ4v) is 3.48. The number of nitrogens with one attached hydrogen (secondary N) is 2. The van der Waals surface area contributed by atoms with Gasteiger partial charge in [0.15, 0.2) is 11.5 Å². The minimum Gasteiger partial charge on any atom is -0.454 e. The lowest BCUT2D eigenvalue weighted by molar-refractivity contribution is -0.134. The first-order valence-electron chi connectivity index (χ1n) is 8.90.